The van der Waals surface area contributed by atoms with E-state index in [1.165, 1.54) is 19.2 Å². The van der Waals surface area contributed by atoms with Crippen molar-refractivity contribution in [3.05, 3.63) is 40.4 Å². The van der Waals surface area contributed by atoms with E-state index in [0.717, 1.165) is 12.4 Å². The number of nitrogens with one attached hydrogen (secondary N) is 1. The molecule has 13 heteroatoms. The Hall–Kier alpha value is -4.16. The minimum absolute atomic E-state index is 0.00744. The van der Waals surface area contributed by atoms with Crippen LogP contribution in [0, 0.1) is 0 Å². The Morgan fingerprint density at radius 1 is 1.32 bits per heavy atom. The maximum Gasteiger partial charge on any atom is 0.263 e. The highest BCUT2D eigenvalue weighted by atomic mass is 19.3. The van der Waals surface area contributed by atoms with Crippen molar-refractivity contribution >= 4 is 35.0 Å². The van der Waals surface area contributed by atoms with Crippen LogP contribution in [0.15, 0.2) is 29.3 Å². The van der Waals surface area contributed by atoms with Gasteiger partial charge in [0.05, 0.1) is 24.6 Å². The zero-order chi connectivity index (χ0) is 22.5. The fraction of sp³-hybridized carbons (Fsp3) is 0.222. The third-order valence-corrected chi connectivity index (χ3v) is 4.04. The minimum Gasteiger partial charge on any atom is -0.491 e. The SMILES string of the molecule is COc1c(OCC=O)ccc2c(=O)n(CC(F)F)c(NC(=O)c3cnc(N)nc3)nc12. The largest absolute Gasteiger partial charge is 0.491 e. The molecule has 0 fully saturated rings. The smallest absolute Gasteiger partial charge is 0.263 e. The summed E-state index contributed by atoms with van der Waals surface area (Å²) in [5, 5.41) is 2.25. The van der Waals surface area contributed by atoms with Crippen LogP contribution in [0.3, 0.4) is 0 Å². The lowest BCUT2D eigenvalue weighted by atomic mass is 10.2. The highest BCUT2D eigenvalue weighted by Gasteiger charge is 2.21. The van der Waals surface area contributed by atoms with Crippen LogP contribution >= 0.6 is 0 Å². The third kappa shape index (κ3) is 4.55. The molecular weight excluding hydrogens is 418 g/mol. The minimum atomic E-state index is -2.90. The molecule has 31 heavy (non-hydrogen) atoms. The van der Waals surface area contributed by atoms with Crippen LogP contribution in [0.1, 0.15) is 10.4 Å². The molecule has 2 aromatic heterocycles. The number of nitrogens with two attached hydrogens (primary N) is 1. The number of aldehydes is 1. The van der Waals surface area contributed by atoms with Gasteiger partial charge >= 0.3 is 0 Å². The van der Waals surface area contributed by atoms with E-state index in [-0.39, 0.29) is 40.5 Å². The van der Waals surface area contributed by atoms with Gasteiger partial charge in [-0.3, -0.25) is 24.3 Å². The summed E-state index contributed by atoms with van der Waals surface area (Å²) < 4.78 is 37.4. The second-order valence-corrected chi connectivity index (χ2v) is 6.00. The molecule has 0 aliphatic rings. The van der Waals surface area contributed by atoms with Gasteiger partial charge in [0.2, 0.25) is 11.9 Å². The van der Waals surface area contributed by atoms with E-state index in [1.807, 2.05) is 0 Å². The van der Waals surface area contributed by atoms with Gasteiger partial charge in [0.1, 0.15) is 12.1 Å². The number of benzene rings is 1. The summed E-state index contributed by atoms with van der Waals surface area (Å²) in [6, 6.07) is 2.65. The van der Waals surface area contributed by atoms with Crippen molar-refractivity contribution in [3.63, 3.8) is 0 Å². The summed E-state index contributed by atoms with van der Waals surface area (Å²) in [5.41, 5.74) is 4.45. The van der Waals surface area contributed by atoms with Gasteiger partial charge in [-0.05, 0) is 12.1 Å². The number of rotatable bonds is 8. The molecule has 3 N–H and O–H groups in total. The predicted octanol–water partition coefficient (Wildman–Crippen LogP) is 0.872. The molecule has 2 heterocycles. The van der Waals surface area contributed by atoms with Crippen molar-refractivity contribution in [2.75, 3.05) is 24.8 Å². The van der Waals surface area contributed by atoms with Crippen LogP contribution in [0.5, 0.6) is 11.5 Å². The van der Waals surface area contributed by atoms with E-state index in [4.69, 9.17) is 15.2 Å². The molecule has 0 saturated carbocycles. The van der Waals surface area contributed by atoms with Gasteiger partial charge in [-0.1, -0.05) is 0 Å². The first-order valence-electron chi connectivity index (χ1n) is 8.70. The number of ether oxygens (including phenoxy) is 2. The molecule has 162 valence electrons. The number of nitrogen functional groups attached to an aromatic ring is 1. The maximum atomic E-state index is 13.1. The van der Waals surface area contributed by atoms with Crippen molar-refractivity contribution in [2.45, 2.75) is 13.0 Å². The number of methoxy groups -OCH3 is 1. The maximum absolute atomic E-state index is 13.1. The summed E-state index contributed by atoms with van der Waals surface area (Å²) in [4.78, 5) is 47.5. The number of alkyl halides is 2. The van der Waals surface area contributed by atoms with Crippen LogP contribution < -0.4 is 26.1 Å². The molecule has 3 rings (SSSR count). The molecule has 11 nitrogen and oxygen atoms in total. The van der Waals surface area contributed by atoms with Gasteiger partial charge in [-0.15, -0.1) is 0 Å². The fourth-order valence-electron chi connectivity index (χ4n) is 2.71. The molecule has 0 aliphatic heterocycles. The zero-order valence-corrected chi connectivity index (χ0v) is 16.0. The number of aromatic nitrogens is 4. The number of carbonyl (C=O) groups excluding carboxylic acids is 2. The molecule has 0 aliphatic carbocycles. The van der Waals surface area contributed by atoms with E-state index in [1.54, 1.807) is 0 Å². The summed E-state index contributed by atoms with van der Waals surface area (Å²) >= 11 is 0. The molecule has 0 saturated heterocycles. The first-order chi connectivity index (χ1) is 14.8. The second-order valence-electron chi connectivity index (χ2n) is 6.00. The number of fused-ring (bicyclic) bond motifs is 1. The first-order valence-corrected chi connectivity index (χ1v) is 8.70. The van der Waals surface area contributed by atoms with Crippen molar-refractivity contribution in [3.8, 4) is 11.5 Å². The predicted molar refractivity (Wildman–Crippen MR) is 105 cm³/mol. The summed E-state index contributed by atoms with van der Waals surface area (Å²) in [6.45, 7) is -1.30. The molecule has 1 aromatic carbocycles. The monoisotopic (exact) mass is 434 g/mol. The Balaban J connectivity index is 2.16. The van der Waals surface area contributed by atoms with Gasteiger partial charge < -0.3 is 15.2 Å². The second kappa shape index (κ2) is 9.11. The Morgan fingerprint density at radius 3 is 2.65 bits per heavy atom. The number of hydrogen-bond donors (Lipinski definition) is 2. The lowest BCUT2D eigenvalue weighted by Gasteiger charge is -2.16. The Bertz CT molecular complexity index is 1180. The quantitative estimate of drug-likeness (QED) is 0.492. The van der Waals surface area contributed by atoms with Crippen LogP contribution in [-0.4, -0.2) is 51.9 Å². The number of hydrogen-bond acceptors (Lipinski definition) is 9. The van der Waals surface area contributed by atoms with E-state index in [0.29, 0.717) is 10.9 Å². The molecule has 1 amide bonds. The van der Waals surface area contributed by atoms with Crippen molar-refractivity contribution < 1.29 is 27.8 Å². The zero-order valence-electron chi connectivity index (χ0n) is 16.0. The molecule has 0 unspecified atom stereocenters. The molecular formula is C18H16F2N6O5. The van der Waals surface area contributed by atoms with Crippen LogP contribution in [0.4, 0.5) is 20.7 Å². The van der Waals surface area contributed by atoms with Gasteiger partial charge in [0.15, 0.2) is 17.8 Å². The van der Waals surface area contributed by atoms with Crippen LogP contribution in [0.25, 0.3) is 10.9 Å². The van der Waals surface area contributed by atoms with Gasteiger partial charge in [0.25, 0.3) is 17.9 Å². The van der Waals surface area contributed by atoms with E-state index in [9.17, 15) is 23.2 Å². The highest BCUT2D eigenvalue weighted by molar-refractivity contribution is 6.03. The number of carbonyl (C=O) groups is 2. The topological polar surface area (TPSA) is 151 Å². The van der Waals surface area contributed by atoms with E-state index >= 15 is 0 Å². The molecule has 0 spiro atoms. The number of halogens is 2. The van der Waals surface area contributed by atoms with Crippen LogP contribution in [0.2, 0.25) is 0 Å². The van der Waals surface area contributed by atoms with Crippen molar-refractivity contribution in [1.29, 1.82) is 0 Å². The molecule has 0 bridgehead atoms. The fourth-order valence-corrected chi connectivity index (χ4v) is 2.71. The Morgan fingerprint density at radius 2 is 2.03 bits per heavy atom. The lowest BCUT2D eigenvalue weighted by molar-refractivity contribution is -0.109. The first kappa shape index (κ1) is 21.5. The van der Waals surface area contributed by atoms with Gasteiger partial charge in [-0.25, -0.2) is 23.7 Å². The Kier molecular flexibility index (Phi) is 6.33. The van der Waals surface area contributed by atoms with Crippen LogP contribution in [-0.2, 0) is 11.3 Å². The third-order valence-electron chi connectivity index (χ3n) is 4.04. The Labute approximate surface area is 172 Å². The van der Waals surface area contributed by atoms with E-state index in [2.05, 4.69) is 20.3 Å². The molecule has 0 atom stereocenters. The summed E-state index contributed by atoms with van der Waals surface area (Å²) in [5.74, 6) is -1.23. The standard InChI is InChI=1S/C18H16F2N6O5/c1-30-14-11(31-5-4-27)3-2-10-13(14)24-18(26(16(10)29)8-12(19)20)25-15(28)9-6-22-17(21)23-7-9/h2-4,6-7,12H,5,8H2,1H3,(H2,21,22,23)(H,24,25,28). The number of nitrogens with zero attached hydrogens (tertiary/aromatic N) is 4. The van der Waals surface area contributed by atoms with E-state index < -0.39 is 30.4 Å². The molecule has 0 radical (unpaired) electrons. The van der Waals surface area contributed by atoms with Crippen molar-refractivity contribution in [1.82, 2.24) is 19.5 Å². The summed E-state index contributed by atoms with van der Waals surface area (Å²) in [6.07, 6.45) is -0.136. The summed E-state index contributed by atoms with van der Waals surface area (Å²) in [7, 11) is 1.28. The highest BCUT2D eigenvalue weighted by Crippen LogP contribution is 2.33. The number of anilines is 2. The van der Waals surface area contributed by atoms with Gasteiger partial charge in [0, 0.05) is 12.4 Å². The normalized spacial score (nSPS) is 10.8. The average molecular weight is 434 g/mol. The van der Waals surface area contributed by atoms with Gasteiger partial charge in [-0.2, -0.15) is 0 Å². The number of amides is 1. The van der Waals surface area contributed by atoms with Crippen molar-refractivity contribution in [2.24, 2.45) is 0 Å². The lowest BCUT2D eigenvalue weighted by Crippen LogP contribution is -2.29. The molecule has 3 aromatic rings. The average Bonchev–Trinajstić information content (AvgIpc) is 2.74.